The van der Waals surface area contributed by atoms with E-state index < -0.39 is 0 Å². The fourth-order valence-corrected chi connectivity index (χ4v) is 4.36. The molecule has 2 aliphatic rings. The molecule has 2 aromatic carbocycles. The predicted molar refractivity (Wildman–Crippen MR) is 95.3 cm³/mol. The van der Waals surface area contributed by atoms with Crippen molar-refractivity contribution >= 4 is 5.91 Å². The molecule has 1 atom stereocenters. The van der Waals surface area contributed by atoms with Crippen LogP contribution in [0, 0.1) is 0 Å². The van der Waals surface area contributed by atoms with E-state index in [2.05, 4.69) is 0 Å². The standard InChI is InChI=1S/C21H23NO3/c23-13-14-9-16(11-18(24)10-14)20-12-15-5-1-4-8-19(15)21(25)22(20)17-6-2-3-7-17/h1,4-5,8-11,17,20,23-24H,2-3,6-7,12-13H2. The Balaban J connectivity index is 1.80. The van der Waals surface area contributed by atoms with Gasteiger partial charge >= 0.3 is 0 Å². The summed E-state index contributed by atoms with van der Waals surface area (Å²) in [5.41, 5.74) is 3.43. The topological polar surface area (TPSA) is 60.8 Å². The third kappa shape index (κ3) is 2.91. The molecule has 0 bridgehead atoms. The maximum Gasteiger partial charge on any atom is 0.254 e. The second-order valence-corrected chi connectivity index (χ2v) is 7.12. The number of phenolic OH excluding ortho intramolecular Hbond substituents is 1. The molecule has 0 saturated heterocycles. The van der Waals surface area contributed by atoms with Crippen molar-refractivity contribution in [1.82, 2.24) is 4.90 Å². The van der Waals surface area contributed by atoms with Crippen molar-refractivity contribution in [3.8, 4) is 5.75 Å². The Morgan fingerprint density at radius 2 is 1.84 bits per heavy atom. The van der Waals surface area contributed by atoms with Crippen LogP contribution in [-0.2, 0) is 13.0 Å². The molecule has 4 nitrogen and oxygen atoms in total. The highest BCUT2D eigenvalue weighted by Crippen LogP contribution is 2.39. The van der Waals surface area contributed by atoms with Crippen molar-refractivity contribution in [2.75, 3.05) is 0 Å². The van der Waals surface area contributed by atoms with Crippen molar-refractivity contribution in [1.29, 1.82) is 0 Å². The van der Waals surface area contributed by atoms with Gasteiger partial charge in [0, 0.05) is 11.6 Å². The molecule has 1 saturated carbocycles. The fourth-order valence-electron chi connectivity index (χ4n) is 4.36. The van der Waals surface area contributed by atoms with Gasteiger partial charge in [0.05, 0.1) is 12.6 Å². The highest BCUT2D eigenvalue weighted by molar-refractivity contribution is 5.97. The molecule has 130 valence electrons. The molecule has 1 fully saturated rings. The van der Waals surface area contributed by atoms with E-state index in [1.54, 1.807) is 12.1 Å². The second-order valence-electron chi connectivity index (χ2n) is 7.12. The molecule has 25 heavy (non-hydrogen) atoms. The second kappa shape index (κ2) is 6.52. The van der Waals surface area contributed by atoms with Crippen LogP contribution in [0.15, 0.2) is 42.5 Å². The molecular weight excluding hydrogens is 314 g/mol. The summed E-state index contributed by atoms with van der Waals surface area (Å²) >= 11 is 0. The zero-order chi connectivity index (χ0) is 17.4. The molecule has 4 rings (SSSR count). The first kappa shape index (κ1) is 16.2. The number of aliphatic hydroxyl groups excluding tert-OH is 1. The van der Waals surface area contributed by atoms with Crippen molar-refractivity contribution in [2.24, 2.45) is 0 Å². The van der Waals surface area contributed by atoms with Gasteiger partial charge < -0.3 is 15.1 Å². The number of benzene rings is 2. The summed E-state index contributed by atoms with van der Waals surface area (Å²) in [6.45, 7) is -0.123. The van der Waals surface area contributed by atoms with Gasteiger partial charge in [-0.25, -0.2) is 0 Å². The van der Waals surface area contributed by atoms with E-state index in [9.17, 15) is 15.0 Å². The number of rotatable bonds is 3. The summed E-state index contributed by atoms with van der Waals surface area (Å²) in [5, 5.41) is 19.5. The molecular formula is C21H23NO3. The van der Waals surface area contributed by atoms with Gasteiger partial charge in [0.1, 0.15) is 5.75 Å². The molecule has 1 amide bonds. The summed E-state index contributed by atoms with van der Waals surface area (Å²) in [4.78, 5) is 15.3. The minimum Gasteiger partial charge on any atom is -0.508 e. The van der Waals surface area contributed by atoms with E-state index in [-0.39, 0.29) is 30.3 Å². The minimum absolute atomic E-state index is 0.0904. The Morgan fingerprint density at radius 1 is 1.08 bits per heavy atom. The molecule has 1 aliphatic carbocycles. The zero-order valence-corrected chi connectivity index (χ0v) is 14.2. The van der Waals surface area contributed by atoms with E-state index in [4.69, 9.17) is 0 Å². The number of hydrogen-bond acceptors (Lipinski definition) is 3. The molecule has 2 aromatic rings. The maximum atomic E-state index is 13.2. The Labute approximate surface area is 147 Å². The molecule has 4 heteroatoms. The van der Waals surface area contributed by atoms with E-state index >= 15 is 0 Å². The van der Waals surface area contributed by atoms with Crippen LogP contribution in [-0.4, -0.2) is 27.1 Å². The van der Waals surface area contributed by atoms with Crippen LogP contribution in [0.4, 0.5) is 0 Å². The monoisotopic (exact) mass is 337 g/mol. The SMILES string of the molecule is O=C1c2ccccc2CC(c2cc(O)cc(CO)c2)N1C1CCCC1. The van der Waals surface area contributed by atoms with E-state index in [0.29, 0.717) is 5.56 Å². The van der Waals surface area contributed by atoms with Crippen LogP contribution in [0.2, 0.25) is 0 Å². The van der Waals surface area contributed by atoms with Crippen LogP contribution in [0.3, 0.4) is 0 Å². The summed E-state index contributed by atoms with van der Waals surface area (Å²) in [6, 6.07) is 13.2. The van der Waals surface area contributed by atoms with Gasteiger partial charge in [-0.05, 0) is 54.2 Å². The minimum atomic E-state index is -0.123. The van der Waals surface area contributed by atoms with Crippen molar-refractivity contribution < 1.29 is 15.0 Å². The lowest BCUT2D eigenvalue weighted by molar-refractivity contribution is 0.0538. The van der Waals surface area contributed by atoms with Gasteiger partial charge in [0.2, 0.25) is 0 Å². The third-order valence-corrected chi connectivity index (χ3v) is 5.52. The fraction of sp³-hybridized carbons (Fsp3) is 0.381. The molecule has 0 aromatic heterocycles. The van der Waals surface area contributed by atoms with Crippen LogP contribution >= 0.6 is 0 Å². The number of carbonyl (C=O) groups excluding carboxylic acids is 1. The summed E-state index contributed by atoms with van der Waals surface area (Å²) in [7, 11) is 0. The van der Waals surface area contributed by atoms with Crippen LogP contribution in [0.25, 0.3) is 0 Å². The van der Waals surface area contributed by atoms with Gasteiger partial charge in [0.15, 0.2) is 0 Å². The van der Waals surface area contributed by atoms with Crippen molar-refractivity contribution in [3.05, 3.63) is 64.7 Å². The normalized spacial score (nSPS) is 20.8. The molecule has 1 unspecified atom stereocenters. The van der Waals surface area contributed by atoms with Gasteiger partial charge in [0.25, 0.3) is 5.91 Å². The lowest BCUT2D eigenvalue weighted by Crippen LogP contribution is -2.45. The van der Waals surface area contributed by atoms with Crippen LogP contribution in [0.1, 0.15) is 58.8 Å². The van der Waals surface area contributed by atoms with Crippen LogP contribution < -0.4 is 0 Å². The van der Waals surface area contributed by atoms with Crippen molar-refractivity contribution in [2.45, 2.75) is 50.8 Å². The summed E-state index contributed by atoms with van der Waals surface area (Å²) in [5.74, 6) is 0.229. The van der Waals surface area contributed by atoms with Gasteiger partial charge in [-0.2, -0.15) is 0 Å². The highest BCUT2D eigenvalue weighted by atomic mass is 16.3. The number of hydrogen-bond donors (Lipinski definition) is 2. The molecule has 0 radical (unpaired) electrons. The first-order valence-corrected chi connectivity index (χ1v) is 9.01. The number of aliphatic hydroxyl groups is 1. The van der Waals surface area contributed by atoms with Crippen molar-refractivity contribution in [3.63, 3.8) is 0 Å². The Bertz CT molecular complexity index is 795. The lowest BCUT2D eigenvalue weighted by atomic mass is 9.87. The lowest BCUT2D eigenvalue weighted by Gasteiger charge is -2.41. The molecule has 1 heterocycles. The third-order valence-electron chi connectivity index (χ3n) is 5.52. The number of amides is 1. The zero-order valence-electron chi connectivity index (χ0n) is 14.2. The summed E-state index contributed by atoms with van der Waals surface area (Å²) < 4.78 is 0. The number of nitrogens with zero attached hydrogens (tertiary/aromatic N) is 1. The number of aromatic hydroxyl groups is 1. The Morgan fingerprint density at radius 3 is 2.60 bits per heavy atom. The molecule has 0 spiro atoms. The quantitative estimate of drug-likeness (QED) is 0.900. The van der Waals surface area contributed by atoms with E-state index in [1.165, 1.54) is 0 Å². The van der Waals surface area contributed by atoms with E-state index in [1.807, 2.05) is 35.2 Å². The van der Waals surface area contributed by atoms with Gasteiger partial charge in [-0.15, -0.1) is 0 Å². The van der Waals surface area contributed by atoms with Gasteiger partial charge in [-0.1, -0.05) is 37.1 Å². The number of phenols is 1. The average molecular weight is 337 g/mol. The first-order valence-electron chi connectivity index (χ1n) is 9.01. The predicted octanol–water partition coefficient (Wildman–Crippen LogP) is 3.57. The molecule has 1 aliphatic heterocycles. The highest BCUT2D eigenvalue weighted by Gasteiger charge is 2.38. The number of fused-ring (bicyclic) bond motifs is 1. The van der Waals surface area contributed by atoms with E-state index in [0.717, 1.165) is 48.8 Å². The largest absolute Gasteiger partial charge is 0.508 e. The number of carbonyl (C=O) groups is 1. The summed E-state index contributed by atoms with van der Waals surface area (Å²) in [6.07, 6.45) is 5.13. The smallest absolute Gasteiger partial charge is 0.254 e. The van der Waals surface area contributed by atoms with Crippen LogP contribution in [0.5, 0.6) is 5.75 Å². The Kier molecular flexibility index (Phi) is 4.22. The Hall–Kier alpha value is -2.33. The molecule has 2 N–H and O–H groups in total. The maximum absolute atomic E-state index is 13.2. The van der Waals surface area contributed by atoms with Gasteiger partial charge in [-0.3, -0.25) is 4.79 Å². The average Bonchev–Trinajstić information content (AvgIpc) is 3.15. The first-order chi connectivity index (χ1) is 12.2.